The van der Waals surface area contributed by atoms with Crippen LogP contribution in [0.4, 0.5) is 0 Å². The maximum absolute atomic E-state index is 12.2. The molecular formula is C20H26N4O3. The van der Waals surface area contributed by atoms with Crippen molar-refractivity contribution in [1.82, 2.24) is 19.8 Å². The Morgan fingerprint density at radius 2 is 1.78 bits per heavy atom. The first-order chi connectivity index (χ1) is 13.0. The molecule has 0 aliphatic carbocycles. The number of hydrogen-bond donors (Lipinski definition) is 1. The van der Waals surface area contributed by atoms with E-state index >= 15 is 0 Å². The summed E-state index contributed by atoms with van der Waals surface area (Å²) < 4.78 is 5.20. The Morgan fingerprint density at radius 3 is 2.33 bits per heavy atom. The van der Waals surface area contributed by atoms with E-state index in [2.05, 4.69) is 21.8 Å². The Labute approximate surface area is 159 Å². The van der Waals surface area contributed by atoms with Gasteiger partial charge in [0.15, 0.2) is 6.61 Å². The van der Waals surface area contributed by atoms with E-state index in [1.54, 1.807) is 17.0 Å². The van der Waals surface area contributed by atoms with Gasteiger partial charge < -0.3 is 19.5 Å². The van der Waals surface area contributed by atoms with Crippen molar-refractivity contribution in [3.05, 3.63) is 41.2 Å². The fourth-order valence-electron chi connectivity index (χ4n) is 3.06. The average molecular weight is 370 g/mol. The number of nitrogens with one attached hydrogen (secondary N) is 1. The summed E-state index contributed by atoms with van der Waals surface area (Å²) in [5, 5.41) is 0. The lowest BCUT2D eigenvalue weighted by Gasteiger charge is -2.33. The Balaban J connectivity index is 1.53. The Morgan fingerprint density at radius 1 is 1.11 bits per heavy atom. The molecule has 0 spiro atoms. The monoisotopic (exact) mass is 370 g/mol. The number of likely N-dealkylation sites (N-methyl/N-ethyl adjacent to an activating group) is 1. The average Bonchev–Trinajstić information content (AvgIpc) is 3.04. The van der Waals surface area contributed by atoms with Gasteiger partial charge in [0.25, 0.3) is 5.91 Å². The fourth-order valence-corrected chi connectivity index (χ4v) is 3.06. The van der Waals surface area contributed by atoms with Gasteiger partial charge in [0, 0.05) is 37.4 Å². The minimum atomic E-state index is -0.492. The molecule has 27 heavy (non-hydrogen) atoms. The number of carbonyl (C=O) groups excluding carboxylic acids is 2. The van der Waals surface area contributed by atoms with Crippen LogP contribution >= 0.6 is 0 Å². The zero-order valence-electron chi connectivity index (χ0n) is 16.1. The van der Waals surface area contributed by atoms with Crippen molar-refractivity contribution in [2.24, 2.45) is 0 Å². The molecule has 2 aromatic rings. The van der Waals surface area contributed by atoms with E-state index in [-0.39, 0.29) is 12.5 Å². The number of aromatic amines is 1. The number of piperazine rings is 1. The van der Waals surface area contributed by atoms with E-state index in [1.807, 2.05) is 26.0 Å². The number of aromatic nitrogens is 2. The maximum atomic E-state index is 12.2. The molecule has 1 aliphatic rings. The smallest absolute Gasteiger partial charge is 0.338 e. The number of nitrogens with zero attached hydrogens (tertiary/aromatic N) is 3. The molecule has 1 aliphatic heterocycles. The minimum Gasteiger partial charge on any atom is -0.452 e. The van der Waals surface area contributed by atoms with Crippen LogP contribution in [0.2, 0.25) is 0 Å². The van der Waals surface area contributed by atoms with Gasteiger partial charge in [-0.3, -0.25) is 4.79 Å². The molecule has 3 rings (SSSR count). The Kier molecular flexibility index (Phi) is 5.91. The minimum absolute atomic E-state index is 0.141. The summed E-state index contributed by atoms with van der Waals surface area (Å²) in [6, 6.07) is 7.02. The summed E-state index contributed by atoms with van der Waals surface area (Å²) in [6.45, 7) is 9.89. The first-order valence-electron chi connectivity index (χ1n) is 9.29. The Bertz CT molecular complexity index is 786. The van der Waals surface area contributed by atoms with E-state index < -0.39 is 5.97 Å². The third kappa shape index (κ3) is 4.54. The highest BCUT2D eigenvalue weighted by Gasteiger charge is 2.21. The molecule has 144 valence electrons. The highest BCUT2D eigenvalue weighted by molar-refractivity contribution is 5.91. The first kappa shape index (κ1) is 19.1. The number of carbonyl (C=O) groups is 2. The maximum Gasteiger partial charge on any atom is 0.338 e. The van der Waals surface area contributed by atoms with Crippen LogP contribution in [-0.4, -0.2) is 71.0 Å². The van der Waals surface area contributed by atoms with Crippen LogP contribution in [0.5, 0.6) is 0 Å². The largest absolute Gasteiger partial charge is 0.452 e. The number of aryl methyl sites for hydroxylation is 2. The molecular weight excluding hydrogens is 344 g/mol. The number of esters is 1. The SMILES string of the molecule is CCN1CCN(C(=O)COC(=O)c2ccc(-c3nc(C)c(C)[nH]3)cc2)CC1. The van der Waals surface area contributed by atoms with Gasteiger partial charge >= 0.3 is 5.97 Å². The third-order valence-corrected chi connectivity index (χ3v) is 5.02. The molecule has 1 saturated heterocycles. The lowest BCUT2D eigenvalue weighted by atomic mass is 10.1. The van der Waals surface area contributed by atoms with Crippen molar-refractivity contribution >= 4 is 11.9 Å². The normalized spacial score (nSPS) is 15.0. The van der Waals surface area contributed by atoms with Gasteiger partial charge in [-0.15, -0.1) is 0 Å². The van der Waals surface area contributed by atoms with Gasteiger partial charge in [-0.1, -0.05) is 19.1 Å². The zero-order chi connectivity index (χ0) is 19.4. The van der Waals surface area contributed by atoms with Gasteiger partial charge in [0.1, 0.15) is 5.82 Å². The standard InChI is InChI=1S/C20H26N4O3/c1-4-23-9-11-24(12-10-23)18(25)13-27-20(26)17-7-5-16(6-8-17)19-21-14(2)15(3)22-19/h5-8H,4,9-13H2,1-3H3,(H,21,22). The number of amides is 1. The number of ether oxygens (including phenoxy) is 1. The van der Waals surface area contributed by atoms with E-state index in [4.69, 9.17) is 4.74 Å². The topological polar surface area (TPSA) is 78.5 Å². The molecule has 0 unspecified atom stereocenters. The van der Waals surface area contributed by atoms with E-state index in [0.29, 0.717) is 18.7 Å². The highest BCUT2D eigenvalue weighted by Crippen LogP contribution is 2.18. The van der Waals surface area contributed by atoms with E-state index in [0.717, 1.165) is 42.4 Å². The molecule has 1 amide bonds. The van der Waals surface area contributed by atoms with E-state index in [1.165, 1.54) is 0 Å². The molecule has 1 fully saturated rings. The van der Waals surface area contributed by atoms with Crippen molar-refractivity contribution in [3.63, 3.8) is 0 Å². The number of imidazole rings is 1. The molecule has 1 aromatic carbocycles. The van der Waals surface area contributed by atoms with Crippen LogP contribution in [-0.2, 0) is 9.53 Å². The predicted octanol–water partition coefficient (Wildman–Crippen LogP) is 2.01. The number of H-pyrrole nitrogens is 1. The molecule has 0 bridgehead atoms. The van der Waals surface area contributed by atoms with E-state index in [9.17, 15) is 9.59 Å². The van der Waals surface area contributed by atoms with Crippen LogP contribution < -0.4 is 0 Å². The van der Waals surface area contributed by atoms with Crippen molar-refractivity contribution < 1.29 is 14.3 Å². The molecule has 0 radical (unpaired) electrons. The van der Waals surface area contributed by atoms with Gasteiger partial charge in [0.2, 0.25) is 0 Å². The molecule has 1 aromatic heterocycles. The molecule has 0 saturated carbocycles. The number of benzene rings is 1. The fraction of sp³-hybridized carbons (Fsp3) is 0.450. The molecule has 1 N–H and O–H groups in total. The Hall–Kier alpha value is -2.67. The summed E-state index contributed by atoms with van der Waals surface area (Å²) in [7, 11) is 0. The summed E-state index contributed by atoms with van der Waals surface area (Å²) in [4.78, 5) is 36.1. The van der Waals surface area contributed by atoms with Crippen LogP contribution in [0.25, 0.3) is 11.4 Å². The van der Waals surface area contributed by atoms with Crippen LogP contribution in [0.15, 0.2) is 24.3 Å². The lowest BCUT2D eigenvalue weighted by Crippen LogP contribution is -2.49. The first-order valence-corrected chi connectivity index (χ1v) is 9.29. The van der Waals surface area contributed by atoms with Crippen molar-refractivity contribution in [2.45, 2.75) is 20.8 Å². The second-order valence-electron chi connectivity index (χ2n) is 6.76. The summed E-state index contributed by atoms with van der Waals surface area (Å²) in [5.74, 6) is 0.137. The van der Waals surface area contributed by atoms with Crippen LogP contribution in [0, 0.1) is 13.8 Å². The molecule has 2 heterocycles. The number of rotatable bonds is 5. The summed E-state index contributed by atoms with van der Waals surface area (Å²) in [6.07, 6.45) is 0. The number of hydrogen-bond acceptors (Lipinski definition) is 5. The second-order valence-corrected chi connectivity index (χ2v) is 6.76. The van der Waals surface area contributed by atoms with Gasteiger partial charge in [-0.25, -0.2) is 9.78 Å². The van der Waals surface area contributed by atoms with Crippen LogP contribution in [0.3, 0.4) is 0 Å². The van der Waals surface area contributed by atoms with Gasteiger partial charge in [-0.05, 0) is 32.5 Å². The van der Waals surface area contributed by atoms with Gasteiger partial charge in [-0.2, -0.15) is 0 Å². The van der Waals surface area contributed by atoms with Crippen molar-refractivity contribution in [3.8, 4) is 11.4 Å². The van der Waals surface area contributed by atoms with Crippen molar-refractivity contribution in [1.29, 1.82) is 0 Å². The summed E-state index contributed by atoms with van der Waals surface area (Å²) >= 11 is 0. The quantitative estimate of drug-likeness (QED) is 0.815. The second kappa shape index (κ2) is 8.35. The molecule has 7 heteroatoms. The molecule has 7 nitrogen and oxygen atoms in total. The molecule has 0 atom stereocenters. The highest BCUT2D eigenvalue weighted by atomic mass is 16.5. The summed E-state index contributed by atoms with van der Waals surface area (Å²) in [5.41, 5.74) is 3.29. The lowest BCUT2D eigenvalue weighted by molar-refractivity contribution is -0.136. The zero-order valence-corrected chi connectivity index (χ0v) is 16.1. The van der Waals surface area contributed by atoms with Crippen LogP contribution in [0.1, 0.15) is 28.7 Å². The third-order valence-electron chi connectivity index (χ3n) is 5.02. The predicted molar refractivity (Wildman–Crippen MR) is 102 cm³/mol. The van der Waals surface area contributed by atoms with Gasteiger partial charge in [0.05, 0.1) is 11.3 Å². The van der Waals surface area contributed by atoms with Crippen molar-refractivity contribution in [2.75, 3.05) is 39.3 Å².